The molecule has 0 aliphatic carbocycles. The van der Waals surface area contributed by atoms with Crippen LogP contribution in [-0.4, -0.2) is 6.29 Å². The van der Waals surface area contributed by atoms with Crippen LogP contribution in [-0.2, 0) is 4.79 Å². The second-order valence-electron chi connectivity index (χ2n) is 2.87. The SMILES string of the molecule is CC(N)c1ccccc1/C=C/[C]=O. The maximum Gasteiger partial charge on any atom is 0.225 e. The zero-order valence-electron chi connectivity index (χ0n) is 7.53. The fraction of sp³-hybridized carbons (Fsp3) is 0.182. The number of hydrogen-bond acceptors (Lipinski definition) is 2. The summed E-state index contributed by atoms with van der Waals surface area (Å²) in [5.41, 5.74) is 7.76. The predicted octanol–water partition coefficient (Wildman–Crippen LogP) is 1.83. The Hall–Kier alpha value is -1.41. The summed E-state index contributed by atoms with van der Waals surface area (Å²) in [6.45, 7) is 1.91. The molecule has 0 heterocycles. The highest BCUT2D eigenvalue weighted by Crippen LogP contribution is 2.16. The van der Waals surface area contributed by atoms with Gasteiger partial charge in [-0.1, -0.05) is 30.3 Å². The molecule has 13 heavy (non-hydrogen) atoms. The van der Waals surface area contributed by atoms with Gasteiger partial charge in [0.1, 0.15) is 0 Å². The molecule has 1 aromatic rings. The normalized spacial score (nSPS) is 13.1. The fourth-order valence-electron chi connectivity index (χ4n) is 1.20. The van der Waals surface area contributed by atoms with E-state index in [1.165, 1.54) is 6.08 Å². The average Bonchev–Trinajstić information content (AvgIpc) is 2.15. The van der Waals surface area contributed by atoms with E-state index < -0.39 is 0 Å². The van der Waals surface area contributed by atoms with Gasteiger partial charge in [-0.15, -0.1) is 0 Å². The van der Waals surface area contributed by atoms with Gasteiger partial charge in [-0.05, 0) is 24.1 Å². The van der Waals surface area contributed by atoms with Crippen LogP contribution in [0.5, 0.6) is 0 Å². The van der Waals surface area contributed by atoms with Crippen LogP contribution in [0.1, 0.15) is 24.1 Å². The molecule has 0 spiro atoms. The number of nitrogens with two attached hydrogens (primary N) is 1. The van der Waals surface area contributed by atoms with Crippen LogP contribution in [0, 0.1) is 0 Å². The van der Waals surface area contributed by atoms with Gasteiger partial charge in [-0.3, -0.25) is 4.79 Å². The van der Waals surface area contributed by atoms with Crippen LogP contribution < -0.4 is 5.73 Å². The van der Waals surface area contributed by atoms with Crippen LogP contribution in [0.3, 0.4) is 0 Å². The number of rotatable bonds is 3. The minimum Gasteiger partial charge on any atom is -0.324 e. The zero-order valence-corrected chi connectivity index (χ0v) is 7.53. The van der Waals surface area contributed by atoms with E-state index in [9.17, 15) is 4.79 Å². The summed E-state index contributed by atoms with van der Waals surface area (Å²) >= 11 is 0. The lowest BCUT2D eigenvalue weighted by Crippen LogP contribution is -2.06. The molecule has 1 unspecified atom stereocenters. The summed E-state index contributed by atoms with van der Waals surface area (Å²) in [5.74, 6) is 0. The van der Waals surface area contributed by atoms with Gasteiger partial charge in [-0.25, -0.2) is 0 Å². The highest BCUT2D eigenvalue weighted by Gasteiger charge is 2.02. The Labute approximate surface area is 78.1 Å². The van der Waals surface area contributed by atoms with Gasteiger partial charge in [-0.2, -0.15) is 0 Å². The lowest BCUT2D eigenvalue weighted by Gasteiger charge is -2.08. The summed E-state index contributed by atoms with van der Waals surface area (Å²) in [7, 11) is 0. The van der Waals surface area contributed by atoms with E-state index in [1.54, 1.807) is 12.4 Å². The van der Waals surface area contributed by atoms with Crippen LogP contribution >= 0.6 is 0 Å². The fourth-order valence-corrected chi connectivity index (χ4v) is 1.20. The molecule has 1 radical (unpaired) electrons. The summed E-state index contributed by atoms with van der Waals surface area (Å²) in [6.07, 6.45) is 4.77. The topological polar surface area (TPSA) is 43.1 Å². The second-order valence-corrected chi connectivity index (χ2v) is 2.87. The molecule has 1 aromatic carbocycles. The van der Waals surface area contributed by atoms with Crippen molar-refractivity contribution in [3.8, 4) is 0 Å². The predicted molar refractivity (Wildman–Crippen MR) is 53.8 cm³/mol. The molecule has 0 aromatic heterocycles. The minimum atomic E-state index is -0.0208. The van der Waals surface area contributed by atoms with Crippen molar-refractivity contribution < 1.29 is 4.79 Å². The first-order chi connectivity index (χ1) is 6.25. The molecule has 1 rings (SSSR count). The molecular weight excluding hydrogens is 162 g/mol. The summed E-state index contributed by atoms with van der Waals surface area (Å²) < 4.78 is 0. The smallest absolute Gasteiger partial charge is 0.225 e. The van der Waals surface area contributed by atoms with Crippen molar-refractivity contribution in [1.29, 1.82) is 0 Å². The Morgan fingerprint density at radius 2 is 2.15 bits per heavy atom. The van der Waals surface area contributed by atoms with Crippen LogP contribution in [0.2, 0.25) is 0 Å². The molecule has 2 N–H and O–H groups in total. The Balaban J connectivity index is 3.04. The van der Waals surface area contributed by atoms with E-state index in [0.717, 1.165) is 11.1 Å². The molecule has 0 fully saturated rings. The molecule has 2 heteroatoms. The Morgan fingerprint density at radius 3 is 2.77 bits per heavy atom. The lowest BCUT2D eigenvalue weighted by molar-refractivity contribution is 0.564. The number of allylic oxidation sites excluding steroid dienone is 1. The maximum atomic E-state index is 10.0. The lowest BCUT2D eigenvalue weighted by atomic mass is 10.0. The van der Waals surface area contributed by atoms with Crippen molar-refractivity contribution in [1.82, 2.24) is 0 Å². The summed E-state index contributed by atoms with van der Waals surface area (Å²) in [4.78, 5) is 10.0. The van der Waals surface area contributed by atoms with Gasteiger partial charge >= 0.3 is 0 Å². The van der Waals surface area contributed by atoms with Crippen molar-refractivity contribution in [2.45, 2.75) is 13.0 Å². The van der Waals surface area contributed by atoms with Gasteiger partial charge in [0.2, 0.25) is 6.29 Å². The van der Waals surface area contributed by atoms with E-state index in [1.807, 2.05) is 31.2 Å². The van der Waals surface area contributed by atoms with Gasteiger partial charge < -0.3 is 5.73 Å². The van der Waals surface area contributed by atoms with Gasteiger partial charge in [0.05, 0.1) is 0 Å². The molecule has 2 nitrogen and oxygen atoms in total. The van der Waals surface area contributed by atoms with Gasteiger partial charge in [0.25, 0.3) is 0 Å². The molecule has 1 atom stereocenters. The third kappa shape index (κ3) is 2.53. The van der Waals surface area contributed by atoms with Gasteiger partial charge in [0.15, 0.2) is 0 Å². The minimum absolute atomic E-state index is 0.0208. The van der Waals surface area contributed by atoms with E-state index in [0.29, 0.717) is 0 Å². The third-order valence-electron chi connectivity index (χ3n) is 1.82. The van der Waals surface area contributed by atoms with Crippen molar-refractivity contribution in [3.05, 3.63) is 41.5 Å². The maximum absolute atomic E-state index is 10.0. The number of hydrogen-bond donors (Lipinski definition) is 1. The first-order valence-electron chi connectivity index (χ1n) is 4.14. The molecule has 0 aliphatic heterocycles. The number of carbonyl (C=O) groups excluding carboxylic acids is 1. The highest BCUT2D eigenvalue weighted by atomic mass is 16.1. The standard InChI is InChI=1S/C11H12NO/c1-9(12)11-7-3-2-5-10(11)6-4-8-13/h2-7,9H,12H2,1H3/b6-4+. The number of benzene rings is 1. The van der Waals surface area contributed by atoms with Crippen LogP contribution in [0.15, 0.2) is 30.3 Å². The van der Waals surface area contributed by atoms with Crippen LogP contribution in [0.25, 0.3) is 6.08 Å². The third-order valence-corrected chi connectivity index (χ3v) is 1.82. The molecule has 0 amide bonds. The van der Waals surface area contributed by atoms with E-state index in [4.69, 9.17) is 5.73 Å². The van der Waals surface area contributed by atoms with Crippen molar-refractivity contribution in [3.63, 3.8) is 0 Å². The molecule has 67 valence electrons. The Bertz CT molecular complexity index is 316. The first-order valence-corrected chi connectivity index (χ1v) is 4.14. The molecule has 0 saturated carbocycles. The van der Waals surface area contributed by atoms with E-state index in [2.05, 4.69) is 0 Å². The Kier molecular flexibility index (Phi) is 3.41. The monoisotopic (exact) mass is 174 g/mol. The average molecular weight is 174 g/mol. The highest BCUT2D eigenvalue weighted by molar-refractivity contribution is 5.75. The van der Waals surface area contributed by atoms with Crippen molar-refractivity contribution in [2.24, 2.45) is 5.73 Å². The second kappa shape index (κ2) is 4.58. The Morgan fingerprint density at radius 1 is 1.46 bits per heavy atom. The molecule has 0 bridgehead atoms. The summed E-state index contributed by atoms with van der Waals surface area (Å²) in [5, 5.41) is 0. The zero-order chi connectivity index (χ0) is 9.68. The molecular formula is C11H12NO. The van der Waals surface area contributed by atoms with E-state index >= 15 is 0 Å². The van der Waals surface area contributed by atoms with Gasteiger partial charge in [0, 0.05) is 6.04 Å². The summed E-state index contributed by atoms with van der Waals surface area (Å²) in [6, 6.07) is 7.70. The largest absolute Gasteiger partial charge is 0.324 e. The van der Waals surface area contributed by atoms with Crippen LogP contribution in [0.4, 0.5) is 0 Å². The molecule has 0 saturated heterocycles. The quantitative estimate of drug-likeness (QED) is 0.710. The van der Waals surface area contributed by atoms with Crippen molar-refractivity contribution >= 4 is 12.4 Å². The molecule has 0 aliphatic rings. The van der Waals surface area contributed by atoms with Crippen molar-refractivity contribution in [2.75, 3.05) is 0 Å². The first kappa shape index (κ1) is 9.68. The van der Waals surface area contributed by atoms with E-state index in [-0.39, 0.29) is 6.04 Å².